The average molecular weight is 344 g/mol. The van der Waals surface area contributed by atoms with Crippen molar-refractivity contribution in [3.05, 3.63) is 17.7 Å². The third kappa shape index (κ3) is 2.97. The molecule has 2 fully saturated rings. The third-order valence-corrected chi connectivity index (χ3v) is 5.34. The van der Waals surface area contributed by atoms with Gasteiger partial charge in [0.1, 0.15) is 17.9 Å². The Balaban J connectivity index is 1.58. The number of morpholine rings is 1. The molecule has 2 saturated heterocycles. The van der Waals surface area contributed by atoms with Gasteiger partial charge >= 0.3 is 0 Å². The monoisotopic (exact) mass is 344 g/mol. The molecule has 134 valence electrons. The second-order valence-electron chi connectivity index (χ2n) is 6.88. The number of aryl methyl sites for hydroxylation is 2. The van der Waals surface area contributed by atoms with Crippen LogP contribution in [0.3, 0.4) is 0 Å². The van der Waals surface area contributed by atoms with E-state index in [-0.39, 0.29) is 11.8 Å². The van der Waals surface area contributed by atoms with Crippen LogP contribution < -0.4 is 4.90 Å². The van der Waals surface area contributed by atoms with Gasteiger partial charge < -0.3 is 19.0 Å². The Bertz CT molecular complexity index is 782. The summed E-state index contributed by atoms with van der Waals surface area (Å²) < 4.78 is 11.1. The van der Waals surface area contributed by atoms with Crippen LogP contribution in [-0.2, 0) is 9.53 Å². The molecule has 1 amide bonds. The summed E-state index contributed by atoms with van der Waals surface area (Å²) >= 11 is 0. The SMILES string of the molecule is Cc1oc2ncnc(N3CCCC(C(=O)N4CCOCC4)C3)c2c1C. The lowest BCUT2D eigenvalue weighted by molar-refractivity contribution is -0.139. The summed E-state index contributed by atoms with van der Waals surface area (Å²) in [5.74, 6) is 2.03. The molecule has 2 aromatic heterocycles. The van der Waals surface area contributed by atoms with E-state index in [1.165, 1.54) is 0 Å². The number of hydrogen-bond acceptors (Lipinski definition) is 6. The van der Waals surface area contributed by atoms with Crippen LogP contribution in [0.1, 0.15) is 24.2 Å². The van der Waals surface area contributed by atoms with Gasteiger partial charge in [-0.1, -0.05) is 0 Å². The molecule has 0 saturated carbocycles. The van der Waals surface area contributed by atoms with E-state index in [1.54, 1.807) is 6.33 Å². The number of anilines is 1. The van der Waals surface area contributed by atoms with E-state index in [4.69, 9.17) is 9.15 Å². The third-order valence-electron chi connectivity index (χ3n) is 5.34. The molecule has 0 aromatic carbocycles. The number of rotatable bonds is 2. The fraction of sp³-hybridized carbons (Fsp3) is 0.611. The highest BCUT2D eigenvalue weighted by molar-refractivity contribution is 5.90. The first kappa shape index (κ1) is 16.3. The number of carbonyl (C=O) groups excluding carboxylic acids is 1. The fourth-order valence-electron chi connectivity index (χ4n) is 3.82. The van der Waals surface area contributed by atoms with Crippen LogP contribution in [0.25, 0.3) is 11.1 Å². The van der Waals surface area contributed by atoms with Crippen molar-refractivity contribution in [3.8, 4) is 0 Å². The Morgan fingerprint density at radius 2 is 2.00 bits per heavy atom. The van der Waals surface area contributed by atoms with E-state index < -0.39 is 0 Å². The van der Waals surface area contributed by atoms with Crippen molar-refractivity contribution in [2.75, 3.05) is 44.3 Å². The summed E-state index contributed by atoms with van der Waals surface area (Å²) in [6, 6.07) is 0. The molecule has 0 bridgehead atoms. The highest BCUT2D eigenvalue weighted by Gasteiger charge is 2.31. The van der Waals surface area contributed by atoms with Crippen LogP contribution in [-0.4, -0.2) is 60.2 Å². The largest absolute Gasteiger partial charge is 0.443 e. The average Bonchev–Trinajstić information content (AvgIpc) is 2.96. The molecule has 7 heteroatoms. The van der Waals surface area contributed by atoms with Crippen molar-refractivity contribution in [2.45, 2.75) is 26.7 Å². The Morgan fingerprint density at radius 3 is 2.80 bits per heavy atom. The molecule has 0 spiro atoms. The number of ether oxygens (including phenoxy) is 1. The molecule has 4 heterocycles. The number of fused-ring (bicyclic) bond motifs is 1. The van der Waals surface area contributed by atoms with Gasteiger partial charge in [-0.2, -0.15) is 0 Å². The lowest BCUT2D eigenvalue weighted by Gasteiger charge is -2.36. The van der Waals surface area contributed by atoms with Crippen molar-refractivity contribution in [3.63, 3.8) is 0 Å². The van der Waals surface area contributed by atoms with Gasteiger partial charge in [0.15, 0.2) is 0 Å². The first-order valence-corrected chi connectivity index (χ1v) is 8.97. The normalized spacial score (nSPS) is 21.8. The van der Waals surface area contributed by atoms with Gasteiger partial charge in [0.05, 0.1) is 24.5 Å². The Hall–Kier alpha value is -2.15. The van der Waals surface area contributed by atoms with E-state index >= 15 is 0 Å². The number of hydrogen-bond donors (Lipinski definition) is 0. The first-order chi connectivity index (χ1) is 12.1. The highest BCUT2D eigenvalue weighted by atomic mass is 16.5. The number of piperidine rings is 1. The summed E-state index contributed by atoms with van der Waals surface area (Å²) in [6.45, 7) is 8.27. The molecule has 0 N–H and O–H groups in total. The summed E-state index contributed by atoms with van der Waals surface area (Å²) in [4.78, 5) is 25.8. The van der Waals surface area contributed by atoms with Crippen molar-refractivity contribution in [1.29, 1.82) is 0 Å². The van der Waals surface area contributed by atoms with Crippen molar-refractivity contribution >= 4 is 22.8 Å². The maximum Gasteiger partial charge on any atom is 0.231 e. The van der Waals surface area contributed by atoms with Crippen molar-refractivity contribution in [1.82, 2.24) is 14.9 Å². The van der Waals surface area contributed by atoms with E-state index in [0.717, 1.165) is 41.9 Å². The molecular weight excluding hydrogens is 320 g/mol. The first-order valence-electron chi connectivity index (χ1n) is 8.97. The van der Waals surface area contributed by atoms with Crippen molar-refractivity contribution < 1.29 is 13.9 Å². The van der Waals surface area contributed by atoms with Crippen LogP contribution in [0.5, 0.6) is 0 Å². The summed E-state index contributed by atoms with van der Waals surface area (Å²) in [6.07, 6.45) is 3.47. The van der Waals surface area contributed by atoms with Crippen LogP contribution in [0.15, 0.2) is 10.7 Å². The number of furan rings is 1. The summed E-state index contributed by atoms with van der Waals surface area (Å²) in [7, 11) is 0. The van der Waals surface area contributed by atoms with Crippen molar-refractivity contribution in [2.24, 2.45) is 5.92 Å². The van der Waals surface area contributed by atoms with E-state index in [9.17, 15) is 4.79 Å². The molecule has 2 aromatic rings. The zero-order valence-corrected chi connectivity index (χ0v) is 14.8. The summed E-state index contributed by atoms with van der Waals surface area (Å²) in [5.41, 5.74) is 1.70. The fourth-order valence-corrected chi connectivity index (χ4v) is 3.82. The zero-order chi connectivity index (χ0) is 17.4. The number of nitrogens with zero attached hydrogens (tertiary/aromatic N) is 4. The lowest BCUT2D eigenvalue weighted by atomic mass is 9.96. The van der Waals surface area contributed by atoms with Crippen LogP contribution in [0.2, 0.25) is 0 Å². The minimum atomic E-state index is 0.0187. The van der Waals surface area contributed by atoms with Gasteiger partial charge in [0.25, 0.3) is 0 Å². The molecule has 0 aliphatic carbocycles. The number of aromatic nitrogens is 2. The van der Waals surface area contributed by atoms with Crippen LogP contribution in [0, 0.1) is 19.8 Å². The Kier molecular flexibility index (Phi) is 4.33. The molecule has 7 nitrogen and oxygen atoms in total. The zero-order valence-electron chi connectivity index (χ0n) is 14.8. The number of amides is 1. The molecular formula is C18H24N4O3. The molecule has 2 aliphatic rings. The predicted octanol–water partition coefficient (Wildman–Crippen LogP) is 1.91. The van der Waals surface area contributed by atoms with E-state index in [1.807, 2.05) is 18.7 Å². The van der Waals surface area contributed by atoms with Gasteiger partial charge in [-0.3, -0.25) is 4.79 Å². The second-order valence-corrected chi connectivity index (χ2v) is 6.88. The van der Waals surface area contributed by atoms with Gasteiger partial charge in [-0.25, -0.2) is 9.97 Å². The summed E-state index contributed by atoms with van der Waals surface area (Å²) in [5, 5.41) is 0.972. The minimum Gasteiger partial charge on any atom is -0.443 e. The quantitative estimate of drug-likeness (QED) is 0.829. The van der Waals surface area contributed by atoms with E-state index in [2.05, 4.69) is 14.9 Å². The molecule has 1 atom stereocenters. The molecule has 1 unspecified atom stereocenters. The molecule has 2 aliphatic heterocycles. The van der Waals surface area contributed by atoms with Gasteiger partial charge in [0, 0.05) is 31.7 Å². The lowest BCUT2D eigenvalue weighted by Crippen LogP contribution is -2.48. The Labute approximate surface area is 147 Å². The van der Waals surface area contributed by atoms with Crippen LogP contribution >= 0.6 is 0 Å². The van der Waals surface area contributed by atoms with Gasteiger partial charge in [-0.15, -0.1) is 0 Å². The highest BCUT2D eigenvalue weighted by Crippen LogP contribution is 2.33. The molecule has 4 rings (SSSR count). The topological polar surface area (TPSA) is 71.7 Å². The Morgan fingerprint density at radius 1 is 1.20 bits per heavy atom. The minimum absolute atomic E-state index is 0.0187. The van der Waals surface area contributed by atoms with Crippen LogP contribution in [0.4, 0.5) is 5.82 Å². The predicted molar refractivity (Wildman–Crippen MR) is 93.6 cm³/mol. The smallest absolute Gasteiger partial charge is 0.231 e. The second kappa shape index (κ2) is 6.63. The number of carbonyl (C=O) groups is 1. The maximum absolute atomic E-state index is 12.9. The van der Waals surface area contributed by atoms with Gasteiger partial charge in [0.2, 0.25) is 11.6 Å². The van der Waals surface area contributed by atoms with Gasteiger partial charge in [-0.05, 0) is 26.7 Å². The molecule has 0 radical (unpaired) electrons. The maximum atomic E-state index is 12.9. The standard InChI is InChI=1S/C18H24N4O3/c1-12-13(2)25-17-15(12)16(19-11-20-17)22-5-3-4-14(10-22)18(23)21-6-8-24-9-7-21/h11,14H,3-10H2,1-2H3. The molecule has 25 heavy (non-hydrogen) atoms. The van der Waals surface area contributed by atoms with E-state index in [0.29, 0.717) is 38.6 Å².